The molecule has 0 fully saturated rings. The fourth-order valence-electron chi connectivity index (χ4n) is 3.09. The summed E-state index contributed by atoms with van der Waals surface area (Å²) in [6.45, 7) is 2.16. The largest absolute Gasteiger partial charge is 0.289 e. The number of imidazole rings is 1. The van der Waals surface area contributed by atoms with E-state index in [2.05, 4.69) is 71.5 Å². The summed E-state index contributed by atoms with van der Waals surface area (Å²) in [5, 5.41) is 0. The van der Waals surface area contributed by atoms with Crippen molar-refractivity contribution in [3.8, 4) is 11.4 Å². The number of aromatic nitrogens is 3. The van der Waals surface area contributed by atoms with Crippen molar-refractivity contribution < 1.29 is 4.57 Å². The Kier molecular flexibility index (Phi) is 2.62. The number of thiazole rings is 1. The van der Waals surface area contributed by atoms with Crippen LogP contribution in [0.2, 0.25) is 0 Å². The molecular formula is C17H16N3S+. The summed E-state index contributed by atoms with van der Waals surface area (Å²) >= 11 is 1.69. The van der Waals surface area contributed by atoms with Crippen molar-refractivity contribution >= 4 is 32.6 Å². The molecule has 0 unspecified atom stereocenters. The van der Waals surface area contributed by atoms with Crippen LogP contribution in [0.5, 0.6) is 0 Å². The molecule has 4 aromatic rings. The molecule has 0 saturated heterocycles. The second-order valence-corrected chi connectivity index (χ2v) is 6.30. The molecule has 21 heavy (non-hydrogen) atoms. The molecule has 4 heteroatoms. The fraction of sp³-hybridized carbons (Fsp3) is 0.176. The van der Waals surface area contributed by atoms with E-state index in [1.807, 2.05) is 5.51 Å². The highest BCUT2D eigenvalue weighted by molar-refractivity contribution is 7.16. The zero-order chi connectivity index (χ0) is 14.6. The molecular weight excluding hydrogens is 278 g/mol. The van der Waals surface area contributed by atoms with Crippen molar-refractivity contribution in [3.63, 3.8) is 0 Å². The minimum Gasteiger partial charge on any atom is -0.245 e. The van der Waals surface area contributed by atoms with Crippen LogP contribution in [-0.2, 0) is 14.1 Å². The first kappa shape index (κ1) is 12.5. The van der Waals surface area contributed by atoms with Crippen LogP contribution in [0.4, 0.5) is 0 Å². The van der Waals surface area contributed by atoms with Gasteiger partial charge < -0.3 is 0 Å². The monoisotopic (exact) mass is 294 g/mol. The van der Waals surface area contributed by atoms with Crippen LogP contribution in [0, 0.1) is 6.92 Å². The maximum absolute atomic E-state index is 4.41. The Morgan fingerprint density at radius 2 is 2.00 bits per heavy atom. The quantitative estimate of drug-likeness (QED) is 0.492. The van der Waals surface area contributed by atoms with Gasteiger partial charge in [-0.05, 0) is 36.8 Å². The molecule has 0 aliphatic rings. The number of aryl methyl sites for hydroxylation is 3. The molecule has 0 amide bonds. The van der Waals surface area contributed by atoms with Gasteiger partial charge >= 0.3 is 0 Å². The van der Waals surface area contributed by atoms with Crippen molar-refractivity contribution in [3.05, 3.63) is 47.5 Å². The zero-order valence-corrected chi connectivity index (χ0v) is 13.1. The second-order valence-electron chi connectivity index (χ2n) is 5.42. The predicted octanol–water partition coefficient (Wildman–Crippen LogP) is 3.59. The summed E-state index contributed by atoms with van der Waals surface area (Å²) in [6, 6.07) is 12.9. The van der Waals surface area contributed by atoms with E-state index < -0.39 is 0 Å². The van der Waals surface area contributed by atoms with Crippen LogP contribution in [0.1, 0.15) is 5.56 Å². The fourth-order valence-corrected chi connectivity index (χ4v) is 3.79. The Labute approximate surface area is 127 Å². The lowest BCUT2D eigenvalue weighted by Gasteiger charge is -2.03. The zero-order valence-electron chi connectivity index (χ0n) is 12.3. The average molecular weight is 294 g/mol. The molecule has 0 spiro atoms. The van der Waals surface area contributed by atoms with Crippen molar-refractivity contribution in [1.29, 1.82) is 0 Å². The first-order chi connectivity index (χ1) is 10.2. The number of rotatable bonds is 1. The van der Waals surface area contributed by atoms with Gasteiger partial charge in [0.2, 0.25) is 0 Å². The number of fused-ring (bicyclic) bond motifs is 2. The molecule has 0 saturated carbocycles. The molecule has 0 aliphatic heterocycles. The molecule has 2 heterocycles. The Morgan fingerprint density at radius 3 is 2.81 bits per heavy atom. The first-order valence-electron chi connectivity index (χ1n) is 6.94. The van der Waals surface area contributed by atoms with Crippen molar-refractivity contribution in [2.45, 2.75) is 6.92 Å². The van der Waals surface area contributed by atoms with E-state index in [9.17, 15) is 0 Å². The minimum atomic E-state index is 1.09. The van der Waals surface area contributed by atoms with Gasteiger partial charge in [-0.15, -0.1) is 11.3 Å². The normalized spacial score (nSPS) is 11.6. The van der Waals surface area contributed by atoms with E-state index in [1.165, 1.54) is 32.7 Å². The third-order valence-electron chi connectivity index (χ3n) is 4.16. The molecule has 2 aromatic carbocycles. The maximum atomic E-state index is 4.41. The van der Waals surface area contributed by atoms with E-state index in [0.29, 0.717) is 0 Å². The van der Waals surface area contributed by atoms with Gasteiger partial charge in [0.15, 0.2) is 11.0 Å². The lowest BCUT2D eigenvalue weighted by atomic mass is 10.1. The topological polar surface area (TPSA) is 21.7 Å². The van der Waals surface area contributed by atoms with Gasteiger partial charge in [-0.2, -0.15) is 0 Å². The summed E-state index contributed by atoms with van der Waals surface area (Å²) < 4.78 is 5.77. The van der Waals surface area contributed by atoms with E-state index in [4.69, 9.17) is 0 Å². The molecule has 3 nitrogen and oxygen atoms in total. The number of hydrogen-bond donors (Lipinski definition) is 0. The van der Waals surface area contributed by atoms with Gasteiger partial charge in [-0.1, -0.05) is 12.1 Å². The van der Waals surface area contributed by atoms with Crippen LogP contribution >= 0.6 is 11.3 Å². The highest BCUT2D eigenvalue weighted by Gasteiger charge is 2.23. The van der Waals surface area contributed by atoms with Crippen molar-refractivity contribution in [2.24, 2.45) is 14.1 Å². The van der Waals surface area contributed by atoms with Gasteiger partial charge in [-0.25, -0.2) is 14.1 Å². The molecule has 0 N–H and O–H groups in total. The van der Waals surface area contributed by atoms with Crippen molar-refractivity contribution in [2.75, 3.05) is 0 Å². The third kappa shape index (κ3) is 1.72. The summed E-state index contributed by atoms with van der Waals surface area (Å²) in [5.41, 5.74) is 8.03. The van der Waals surface area contributed by atoms with Crippen molar-refractivity contribution in [1.82, 2.24) is 9.55 Å². The summed E-state index contributed by atoms with van der Waals surface area (Å²) in [4.78, 5) is 4.41. The van der Waals surface area contributed by atoms with Crippen LogP contribution in [0.3, 0.4) is 0 Å². The van der Waals surface area contributed by atoms with Crippen LogP contribution in [0.25, 0.3) is 32.6 Å². The lowest BCUT2D eigenvalue weighted by Crippen LogP contribution is -2.30. The van der Waals surface area contributed by atoms with E-state index >= 15 is 0 Å². The van der Waals surface area contributed by atoms with Crippen LogP contribution in [0.15, 0.2) is 41.9 Å². The smallest absolute Gasteiger partial charge is 0.245 e. The summed E-state index contributed by atoms with van der Waals surface area (Å²) in [7, 11) is 4.27. The number of nitrogens with zero attached hydrogens (tertiary/aromatic N) is 3. The maximum Gasteiger partial charge on any atom is 0.289 e. The molecule has 2 aromatic heterocycles. The lowest BCUT2D eigenvalue weighted by molar-refractivity contribution is -0.634. The molecule has 0 atom stereocenters. The van der Waals surface area contributed by atoms with Gasteiger partial charge in [0, 0.05) is 0 Å². The number of para-hydroxylation sites is 2. The minimum absolute atomic E-state index is 1.09. The first-order valence-corrected chi connectivity index (χ1v) is 7.82. The molecule has 104 valence electrons. The van der Waals surface area contributed by atoms with E-state index in [0.717, 1.165) is 5.52 Å². The number of hydrogen-bond acceptors (Lipinski definition) is 2. The number of benzene rings is 2. The Bertz CT molecular complexity index is 939. The summed E-state index contributed by atoms with van der Waals surface area (Å²) in [5.74, 6) is 1.23. The molecule has 0 bridgehead atoms. The van der Waals surface area contributed by atoms with Gasteiger partial charge in [0.25, 0.3) is 5.82 Å². The summed E-state index contributed by atoms with van der Waals surface area (Å²) in [6.07, 6.45) is 0. The second kappa shape index (κ2) is 4.40. The van der Waals surface area contributed by atoms with Gasteiger partial charge in [-0.3, -0.25) is 0 Å². The predicted molar refractivity (Wildman–Crippen MR) is 87.4 cm³/mol. The molecule has 4 rings (SSSR count). The van der Waals surface area contributed by atoms with Gasteiger partial charge in [0.05, 0.1) is 35.4 Å². The Balaban J connectivity index is 2.10. The van der Waals surface area contributed by atoms with E-state index in [-0.39, 0.29) is 0 Å². The molecule has 0 aliphatic carbocycles. The highest BCUT2D eigenvalue weighted by Crippen LogP contribution is 2.29. The van der Waals surface area contributed by atoms with Gasteiger partial charge in [0.1, 0.15) is 0 Å². The highest BCUT2D eigenvalue weighted by atomic mass is 32.1. The molecule has 0 radical (unpaired) electrons. The Morgan fingerprint density at radius 1 is 1.19 bits per heavy atom. The van der Waals surface area contributed by atoms with Crippen LogP contribution in [-0.4, -0.2) is 9.55 Å². The standard InChI is InChI=1S/C17H16N3S/c1-11-8-13-16(21-10-18-13)9-12(11)17-19(2)14-6-4-5-7-15(14)20(17)3/h4-10H,1-3H3/q+1. The van der Waals surface area contributed by atoms with E-state index in [1.54, 1.807) is 11.3 Å². The SMILES string of the molecule is Cc1cc2ncsc2cc1-c1n(C)c2ccccc2[n+]1C. The average Bonchev–Trinajstić information content (AvgIpc) is 3.03. The van der Waals surface area contributed by atoms with Crippen LogP contribution < -0.4 is 4.57 Å². The third-order valence-corrected chi connectivity index (χ3v) is 4.95. The Hall–Kier alpha value is -2.20.